The molecule has 17 heavy (non-hydrogen) atoms. The predicted molar refractivity (Wildman–Crippen MR) is 64.6 cm³/mol. The molecule has 0 aliphatic rings. The Hall–Kier alpha value is -0.200. The predicted octanol–water partition coefficient (Wildman–Crippen LogP) is -0.235. The molecule has 4 N–H and O–H groups in total. The van der Waals surface area contributed by atoms with E-state index in [1.165, 1.54) is 0 Å². The van der Waals surface area contributed by atoms with E-state index in [0.717, 1.165) is 0 Å². The van der Waals surface area contributed by atoms with Gasteiger partial charge in [0.2, 0.25) is 0 Å². The lowest BCUT2D eigenvalue weighted by Gasteiger charge is -2.32. The van der Waals surface area contributed by atoms with Crippen LogP contribution in [0.3, 0.4) is 0 Å². The van der Waals surface area contributed by atoms with Crippen LogP contribution in [0.5, 0.6) is 0 Å². The minimum absolute atomic E-state index is 0.141. The van der Waals surface area contributed by atoms with Crippen molar-refractivity contribution in [2.75, 3.05) is 39.6 Å². The summed E-state index contributed by atoms with van der Waals surface area (Å²) in [6, 6.07) is 0. The van der Waals surface area contributed by atoms with Crippen molar-refractivity contribution in [1.82, 2.24) is 0 Å². The topological polar surface area (TPSA) is 90.2 Å². The van der Waals surface area contributed by atoms with Gasteiger partial charge in [-0.05, 0) is 12.8 Å². The van der Waals surface area contributed by atoms with E-state index in [1.54, 1.807) is 0 Å². The molecule has 0 bridgehead atoms. The van der Waals surface area contributed by atoms with Gasteiger partial charge in [-0.1, -0.05) is 13.8 Å². The molecule has 0 saturated carbocycles. The quantitative estimate of drug-likeness (QED) is 0.430. The van der Waals surface area contributed by atoms with Crippen molar-refractivity contribution in [1.29, 1.82) is 0 Å². The summed E-state index contributed by atoms with van der Waals surface area (Å²) in [4.78, 5) is 0. The molecule has 0 unspecified atom stereocenters. The first-order valence-corrected chi connectivity index (χ1v) is 6.08. The summed E-state index contributed by atoms with van der Waals surface area (Å²) in [6.45, 7) is 3.63. The molecule has 0 fully saturated rings. The Balaban J connectivity index is 4.28. The molecule has 0 aromatic heterocycles. The molecule has 0 atom stereocenters. The Labute approximate surface area is 103 Å². The second-order valence-corrected chi connectivity index (χ2v) is 4.83. The molecule has 0 amide bonds. The molecular formula is C12H26O5. The zero-order chi connectivity index (χ0) is 13.4. The fourth-order valence-electron chi connectivity index (χ4n) is 1.42. The van der Waals surface area contributed by atoms with Crippen LogP contribution in [-0.4, -0.2) is 60.1 Å². The number of aliphatic hydroxyl groups is 4. The highest BCUT2D eigenvalue weighted by atomic mass is 16.5. The third kappa shape index (κ3) is 4.52. The van der Waals surface area contributed by atoms with Crippen molar-refractivity contribution in [2.45, 2.75) is 26.7 Å². The van der Waals surface area contributed by atoms with Crippen LogP contribution in [0.15, 0.2) is 0 Å². The van der Waals surface area contributed by atoms with Gasteiger partial charge in [0.05, 0.1) is 39.6 Å². The van der Waals surface area contributed by atoms with Crippen LogP contribution in [0.4, 0.5) is 0 Å². The lowest BCUT2D eigenvalue weighted by molar-refractivity contribution is -0.0781. The van der Waals surface area contributed by atoms with E-state index in [-0.39, 0.29) is 39.6 Å². The third-order valence-corrected chi connectivity index (χ3v) is 3.66. The van der Waals surface area contributed by atoms with Crippen molar-refractivity contribution in [2.24, 2.45) is 10.8 Å². The van der Waals surface area contributed by atoms with Crippen LogP contribution in [-0.2, 0) is 4.74 Å². The van der Waals surface area contributed by atoms with Gasteiger partial charge in [-0.2, -0.15) is 0 Å². The first-order chi connectivity index (χ1) is 8.07. The molecule has 0 aliphatic heterocycles. The molecule has 5 nitrogen and oxygen atoms in total. The number of hydrogen-bond acceptors (Lipinski definition) is 5. The molecule has 0 spiro atoms. The van der Waals surface area contributed by atoms with E-state index in [2.05, 4.69) is 0 Å². The van der Waals surface area contributed by atoms with Crippen molar-refractivity contribution in [3.63, 3.8) is 0 Å². The van der Waals surface area contributed by atoms with Crippen molar-refractivity contribution in [3.05, 3.63) is 0 Å². The normalized spacial score (nSPS) is 13.1. The summed E-state index contributed by atoms with van der Waals surface area (Å²) in [7, 11) is 0. The number of ether oxygens (including phenoxy) is 1. The van der Waals surface area contributed by atoms with Gasteiger partial charge in [-0.3, -0.25) is 0 Å². The number of hydrogen-bond donors (Lipinski definition) is 4. The summed E-state index contributed by atoms with van der Waals surface area (Å²) >= 11 is 0. The highest BCUT2D eigenvalue weighted by Gasteiger charge is 2.31. The highest BCUT2D eigenvalue weighted by molar-refractivity contribution is 4.79. The maximum absolute atomic E-state index is 9.24. The van der Waals surface area contributed by atoms with Crippen molar-refractivity contribution in [3.8, 4) is 0 Å². The lowest BCUT2D eigenvalue weighted by Crippen LogP contribution is -2.39. The minimum atomic E-state index is -0.635. The third-order valence-electron chi connectivity index (χ3n) is 3.66. The minimum Gasteiger partial charge on any atom is -0.396 e. The molecule has 5 heteroatoms. The van der Waals surface area contributed by atoms with E-state index < -0.39 is 10.8 Å². The van der Waals surface area contributed by atoms with E-state index in [4.69, 9.17) is 4.74 Å². The van der Waals surface area contributed by atoms with E-state index in [9.17, 15) is 20.4 Å². The van der Waals surface area contributed by atoms with Crippen LogP contribution in [0.25, 0.3) is 0 Å². The lowest BCUT2D eigenvalue weighted by atomic mass is 9.86. The fraction of sp³-hybridized carbons (Fsp3) is 1.00. The smallest absolute Gasteiger partial charge is 0.0566 e. The monoisotopic (exact) mass is 250 g/mol. The van der Waals surface area contributed by atoms with Crippen LogP contribution in [0.1, 0.15) is 26.7 Å². The SMILES string of the molecule is CCC(CO)(CO)COCC(CC)(CO)CO. The average molecular weight is 250 g/mol. The van der Waals surface area contributed by atoms with Gasteiger partial charge < -0.3 is 25.2 Å². The summed E-state index contributed by atoms with van der Waals surface area (Å²) in [5.74, 6) is 0. The van der Waals surface area contributed by atoms with Gasteiger partial charge in [-0.25, -0.2) is 0 Å². The van der Waals surface area contributed by atoms with Crippen LogP contribution >= 0.6 is 0 Å². The molecule has 0 radical (unpaired) electrons. The van der Waals surface area contributed by atoms with Crippen LogP contribution in [0.2, 0.25) is 0 Å². The Bertz CT molecular complexity index is 151. The standard InChI is InChI=1S/C12H26O5/c1-3-11(5-13,6-14)9-17-10-12(4-2,7-15)8-16/h13-16H,3-10H2,1-2H3. The fourth-order valence-corrected chi connectivity index (χ4v) is 1.42. The maximum Gasteiger partial charge on any atom is 0.0566 e. The molecule has 0 aromatic carbocycles. The molecular weight excluding hydrogens is 224 g/mol. The molecule has 0 heterocycles. The summed E-state index contributed by atoms with van der Waals surface area (Å²) < 4.78 is 5.47. The van der Waals surface area contributed by atoms with Gasteiger partial charge in [0.1, 0.15) is 0 Å². The van der Waals surface area contributed by atoms with Gasteiger partial charge >= 0.3 is 0 Å². The largest absolute Gasteiger partial charge is 0.396 e. The second-order valence-electron chi connectivity index (χ2n) is 4.83. The Morgan fingerprint density at radius 1 is 0.706 bits per heavy atom. The van der Waals surface area contributed by atoms with Gasteiger partial charge in [0.15, 0.2) is 0 Å². The van der Waals surface area contributed by atoms with Gasteiger partial charge in [-0.15, -0.1) is 0 Å². The maximum atomic E-state index is 9.24. The molecule has 0 aromatic rings. The zero-order valence-electron chi connectivity index (χ0n) is 10.9. The van der Waals surface area contributed by atoms with E-state index in [1.807, 2.05) is 13.8 Å². The number of aliphatic hydroxyl groups excluding tert-OH is 4. The summed E-state index contributed by atoms with van der Waals surface area (Å²) in [5, 5.41) is 37.0. The van der Waals surface area contributed by atoms with E-state index >= 15 is 0 Å². The Kier molecular flexibility index (Phi) is 7.91. The highest BCUT2D eigenvalue weighted by Crippen LogP contribution is 2.25. The summed E-state index contributed by atoms with van der Waals surface area (Å²) in [5.41, 5.74) is -1.27. The first kappa shape index (κ1) is 16.8. The molecule has 0 saturated heterocycles. The van der Waals surface area contributed by atoms with Crippen LogP contribution < -0.4 is 0 Å². The van der Waals surface area contributed by atoms with Gasteiger partial charge in [0, 0.05) is 10.8 Å². The van der Waals surface area contributed by atoms with Crippen molar-refractivity contribution < 1.29 is 25.2 Å². The molecule has 0 rings (SSSR count). The molecule has 104 valence electrons. The van der Waals surface area contributed by atoms with Crippen molar-refractivity contribution >= 4 is 0 Å². The Morgan fingerprint density at radius 2 is 1.00 bits per heavy atom. The zero-order valence-corrected chi connectivity index (χ0v) is 10.9. The first-order valence-electron chi connectivity index (χ1n) is 6.08. The number of rotatable bonds is 10. The second kappa shape index (κ2) is 8.00. The van der Waals surface area contributed by atoms with E-state index in [0.29, 0.717) is 12.8 Å². The molecule has 0 aliphatic carbocycles. The summed E-state index contributed by atoms with van der Waals surface area (Å²) in [6.07, 6.45) is 1.22. The van der Waals surface area contributed by atoms with Gasteiger partial charge in [0.25, 0.3) is 0 Å². The van der Waals surface area contributed by atoms with Crippen LogP contribution in [0, 0.1) is 10.8 Å². The Morgan fingerprint density at radius 3 is 1.18 bits per heavy atom. The average Bonchev–Trinajstić information content (AvgIpc) is 2.41.